The van der Waals surface area contributed by atoms with Crippen LogP contribution in [-0.2, 0) is 14.2 Å². The van der Waals surface area contributed by atoms with Crippen molar-refractivity contribution < 1.29 is 19.3 Å². The summed E-state index contributed by atoms with van der Waals surface area (Å²) in [6.07, 6.45) is 3.91. The summed E-state index contributed by atoms with van der Waals surface area (Å²) >= 11 is 0. The fourth-order valence-corrected chi connectivity index (χ4v) is 2.04. The summed E-state index contributed by atoms with van der Waals surface area (Å²) in [5.41, 5.74) is 0. The first-order chi connectivity index (χ1) is 8.69. The van der Waals surface area contributed by atoms with Gasteiger partial charge < -0.3 is 19.3 Å². The van der Waals surface area contributed by atoms with Crippen molar-refractivity contribution in [2.24, 2.45) is 0 Å². The third-order valence-corrected chi connectivity index (χ3v) is 3.32. The number of rotatable bonds is 8. The highest BCUT2D eigenvalue weighted by molar-refractivity contribution is 4.80. The van der Waals surface area contributed by atoms with Gasteiger partial charge in [0.15, 0.2) is 6.29 Å². The van der Waals surface area contributed by atoms with Crippen LogP contribution in [-0.4, -0.2) is 42.9 Å². The molecule has 1 aliphatic rings. The molecule has 1 rings (SSSR count). The zero-order valence-corrected chi connectivity index (χ0v) is 11.9. The quantitative estimate of drug-likeness (QED) is 0.681. The molecule has 1 fully saturated rings. The average Bonchev–Trinajstić information content (AvgIpc) is 2.34. The van der Waals surface area contributed by atoms with Crippen LogP contribution in [0.3, 0.4) is 0 Å². The molecule has 1 saturated heterocycles. The van der Waals surface area contributed by atoms with Crippen molar-refractivity contribution in [3.05, 3.63) is 0 Å². The van der Waals surface area contributed by atoms with Gasteiger partial charge in [0.25, 0.3) is 0 Å². The van der Waals surface area contributed by atoms with E-state index in [1.165, 1.54) is 0 Å². The van der Waals surface area contributed by atoms with Crippen molar-refractivity contribution in [1.29, 1.82) is 0 Å². The normalized spacial score (nSPS) is 32.7. The minimum Gasteiger partial charge on any atom is -0.375 e. The van der Waals surface area contributed by atoms with Gasteiger partial charge in [0.2, 0.25) is 0 Å². The van der Waals surface area contributed by atoms with E-state index in [2.05, 4.69) is 13.8 Å². The van der Waals surface area contributed by atoms with Gasteiger partial charge >= 0.3 is 0 Å². The molecule has 0 amide bonds. The molecule has 1 heterocycles. The van der Waals surface area contributed by atoms with Crippen molar-refractivity contribution in [2.75, 3.05) is 13.2 Å². The van der Waals surface area contributed by atoms with Crippen LogP contribution in [0, 0.1) is 0 Å². The Hall–Kier alpha value is -0.160. The second-order valence-corrected chi connectivity index (χ2v) is 4.99. The molecule has 1 N–H and O–H groups in total. The van der Waals surface area contributed by atoms with Crippen LogP contribution in [0.2, 0.25) is 0 Å². The molecule has 0 saturated carbocycles. The van der Waals surface area contributed by atoms with E-state index in [0.717, 1.165) is 38.7 Å². The summed E-state index contributed by atoms with van der Waals surface area (Å²) in [7, 11) is 0. The number of unbranched alkanes of at least 4 members (excludes halogenated alkanes) is 2. The van der Waals surface area contributed by atoms with E-state index in [1.54, 1.807) is 0 Å². The van der Waals surface area contributed by atoms with E-state index >= 15 is 0 Å². The summed E-state index contributed by atoms with van der Waals surface area (Å²) in [5.74, 6) is 0. The van der Waals surface area contributed by atoms with E-state index in [4.69, 9.17) is 14.2 Å². The standard InChI is InChI=1S/C14H28O4/c1-4-6-8-16-12-10-13(17-9-7-5-2)14(15)18-11(12)3/h11-15H,4-10H2,1-3H3/t11?,12-,13+,14-/m0/s1. The number of aliphatic hydroxyl groups excluding tert-OH is 1. The molecule has 1 aliphatic heterocycles. The minimum absolute atomic E-state index is 0.0339. The summed E-state index contributed by atoms with van der Waals surface area (Å²) in [4.78, 5) is 0. The van der Waals surface area contributed by atoms with Crippen LogP contribution in [0.4, 0.5) is 0 Å². The second-order valence-electron chi connectivity index (χ2n) is 4.99. The maximum Gasteiger partial charge on any atom is 0.181 e. The van der Waals surface area contributed by atoms with E-state index in [-0.39, 0.29) is 18.3 Å². The molecular formula is C14H28O4. The monoisotopic (exact) mass is 260 g/mol. The zero-order valence-electron chi connectivity index (χ0n) is 11.9. The lowest BCUT2D eigenvalue weighted by Gasteiger charge is -2.37. The average molecular weight is 260 g/mol. The number of hydrogen-bond acceptors (Lipinski definition) is 4. The Morgan fingerprint density at radius 3 is 2.17 bits per heavy atom. The Morgan fingerprint density at radius 1 is 1.06 bits per heavy atom. The fourth-order valence-electron chi connectivity index (χ4n) is 2.04. The molecule has 0 bridgehead atoms. The van der Waals surface area contributed by atoms with E-state index < -0.39 is 6.29 Å². The van der Waals surface area contributed by atoms with Crippen molar-refractivity contribution >= 4 is 0 Å². The predicted molar refractivity (Wildman–Crippen MR) is 70.5 cm³/mol. The molecule has 0 spiro atoms. The third-order valence-electron chi connectivity index (χ3n) is 3.32. The predicted octanol–water partition coefficient (Wildman–Crippen LogP) is 2.48. The lowest BCUT2D eigenvalue weighted by Crippen LogP contribution is -2.48. The molecule has 0 aliphatic carbocycles. The molecule has 18 heavy (non-hydrogen) atoms. The number of ether oxygens (including phenoxy) is 3. The highest BCUT2D eigenvalue weighted by atomic mass is 16.7. The Kier molecular flexibility index (Phi) is 7.82. The molecule has 4 heteroatoms. The SMILES string of the molecule is CCCCO[C@H]1C[C@@H](OCCCC)[C@@H](O)OC1C. The maximum absolute atomic E-state index is 9.83. The van der Waals surface area contributed by atoms with Gasteiger partial charge in [-0.2, -0.15) is 0 Å². The second kappa shape index (κ2) is 8.86. The van der Waals surface area contributed by atoms with Crippen LogP contribution >= 0.6 is 0 Å². The molecule has 0 aromatic rings. The molecule has 108 valence electrons. The first-order valence-corrected chi connectivity index (χ1v) is 7.25. The molecule has 4 atom stereocenters. The van der Waals surface area contributed by atoms with Crippen LogP contribution < -0.4 is 0 Å². The summed E-state index contributed by atoms with van der Waals surface area (Å²) in [6.45, 7) is 7.65. The molecule has 0 aromatic carbocycles. The summed E-state index contributed by atoms with van der Waals surface area (Å²) in [6, 6.07) is 0. The largest absolute Gasteiger partial charge is 0.375 e. The first kappa shape index (κ1) is 15.9. The summed E-state index contributed by atoms with van der Waals surface area (Å²) < 4.78 is 16.9. The Morgan fingerprint density at radius 2 is 1.61 bits per heavy atom. The number of aliphatic hydroxyl groups is 1. The first-order valence-electron chi connectivity index (χ1n) is 7.25. The Balaban J connectivity index is 2.34. The van der Waals surface area contributed by atoms with Crippen LogP contribution in [0.25, 0.3) is 0 Å². The van der Waals surface area contributed by atoms with Gasteiger partial charge in [0.05, 0.1) is 12.2 Å². The van der Waals surface area contributed by atoms with Gasteiger partial charge in [-0.3, -0.25) is 0 Å². The zero-order chi connectivity index (χ0) is 13.4. The Labute approximate surface area is 111 Å². The molecule has 4 nitrogen and oxygen atoms in total. The highest BCUT2D eigenvalue weighted by Crippen LogP contribution is 2.24. The van der Waals surface area contributed by atoms with Gasteiger partial charge in [0.1, 0.15) is 6.10 Å². The van der Waals surface area contributed by atoms with E-state index in [0.29, 0.717) is 6.61 Å². The van der Waals surface area contributed by atoms with Gasteiger partial charge in [-0.05, 0) is 19.8 Å². The Bertz CT molecular complexity index is 190. The van der Waals surface area contributed by atoms with Gasteiger partial charge in [-0.25, -0.2) is 0 Å². The van der Waals surface area contributed by atoms with E-state index in [9.17, 15) is 5.11 Å². The van der Waals surface area contributed by atoms with E-state index in [1.807, 2.05) is 6.92 Å². The third kappa shape index (κ3) is 5.22. The molecule has 1 unspecified atom stereocenters. The van der Waals surface area contributed by atoms with Crippen LogP contribution in [0.1, 0.15) is 52.9 Å². The van der Waals surface area contributed by atoms with Crippen molar-refractivity contribution in [3.63, 3.8) is 0 Å². The molecular weight excluding hydrogens is 232 g/mol. The lowest BCUT2D eigenvalue weighted by molar-refractivity contribution is -0.259. The van der Waals surface area contributed by atoms with Crippen molar-refractivity contribution in [3.8, 4) is 0 Å². The highest BCUT2D eigenvalue weighted by Gasteiger charge is 2.35. The van der Waals surface area contributed by atoms with Gasteiger partial charge in [0, 0.05) is 19.6 Å². The van der Waals surface area contributed by atoms with Gasteiger partial charge in [-0.15, -0.1) is 0 Å². The smallest absolute Gasteiger partial charge is 0.181 e. The summed E-state index contributed by atoms with van der Waals surface area (Å²) in [5, 5.41) is 9.83. The molecule has 0 radical (unpaired) electrons. The lowest BCUT2D eigenvalue weighted by atomic mass is 10.0. The number of hydrogen-bond donors (Lipinski definition) is 1. The van der Waals surface area contributed by atoms with Crippen molar-refractivity contribution in [1.82, 2.24) is 0 Å². The van der Waals surface area contributed by atoms with Crippen LogP contribution in [0.15, 0.2) is 0 Å². The molecule has 0 aromatic heterocycles. The van der Waals surface area contributed by atoms with Crippen LogP contribution in [0.5, 0.6) is 0 Å². The minimum atomic E-state index is -0.817. The van der Waals surface area contributed by atoms with Gasteiger partial charge in [-0.1, -0.05) is 26.7 Å². The maximum atomic E-state index is 9.83. The topological polar surface area (TPSA) is 47.9 Å². The fraction of sp³-hybridized carbons (Fsp3) is 1.00. The van der Waals surface area contributed by atoms with Crippen molar-refractivity contribution in [2.45, 2.75) is 77.5 Å².